The summed E-state index contributed by atoms with van der Waals surface area (Å²) in [6, 6.07) is 5.00. The number of aromatic nitrogens is 5. The number of phenolic OH excluding ortho intramolecular Hbond substituents is 1. The van der Waals surface area contributed by atoms with E-state index < -0.39 is 11.7 Å². The third-order valence-corrected chi connectivity index (χ3v) is 6.89. The fourth-order valence-corrected chi connectivity index (χ4v) is 5.10. The summed E-state index contributed by atoms with van der Waals surface area (Å²) in [6.07, 6.45) is 6.38. The maximum Gasteiger partial charge on any atom is 0.147 e. The lowest BCUT2D eigenvalue weighted by molar-refractivity contribution is 0.0859. The first-order valence-electron chi connectivity index (χ1n) is 10.5. The molecule has 4 heterocycles. The molecule has 0 amide bonds. The van der Waals surface area contributed by atoms with Crippen molar-refractivity contribution >= 4 is 5.82 Å². The van der Waals surface area contributed by atoms with Crippen molar-refractivity contribution in [3.63, 3.8) is 0 Å². The highest BCUT2D eigenvalue weighted by atomic mass is 19.1. The molecule has 2 saturated heterocycles. The molecule has 2 bridgehead atoms. The molecular formula is C22H26FN7O. The van der Waals surface area contributed by atoms with E-state index in [-0.39, 0.29) is 17.3 Å². The number of hydrogen-bond acceptors (Lipinski definition) is 7. The van der Waals surface area contributed by atoms with Crippen molar-refractivity contribution in [3.05, 3.63) is 36.8 Å². The molecule has 3 N–H and O–H groups in total. The molecule has 2 aliphatic heterocycles. The van der Waals surface area contributed by atoms with Crippen LogP contribution in [0.4, 0.5) is 10.2 Å². The Labute approximate surface area is 179 Å². The molecule has 3 aromatic rings. The number of phenols is 1. The second-order valence-corrected chi connectivity index (χ2v) is 9.25. The lowest BCUT2D eigenvalue weighted by Gasteiger charge is -2.47. The van der Waals surface area contributed by atoms with E-state index in [9.17, 15) is 5.11 Å². The Morgan fingerprint density at radius 2 is 2.00 bits per heavy atom. The number of rotatable bonds is 4. The van der Waals surface area contributed by atoms with Crippen LogP contribution in [-0.2, 0) is 0 Å². The number of anilines is 1. The van der Waals surface area contributed by atoms with Gasteiger partial charge >= 0.3 is 0 Å². The normalized spacial score (nSPS) is 29.8. The predicted octanol–water partition coefficient (Wildman–Crippen LogP) is 3.08. The molecular weight excluding hydrogens is 397 g/mol. The lowest BCUT2D eigenvalue weighted by Crippen LogP contribution is -2.65. The Morgan fingerprint density at radius 3 is 2.68 bits per heavy atom. The van der Waals surface area contributed by atoms with Gasteiger partial charge in [-0.2, -0.15) is 0 Å². The summed E-state index contributed by atoms with van der Waals surface area (Å²) in [5, 5.41) is 24.2. The average molecular weight is 423 g/mol. The van der Waals surface area contributed by atoms with Gasteiger partial charge in [0.2, 0.25) is 0 Å². The van der Waals surface area contributed by atoms with Crippen LogP contribution in [-0.4, -0.2) is 60.8 Å². The molecule has 162 valence electrons. The number of halogens is 1. The van der Waals surface area contributed by atoms with Crippen LogP contribution < -0.4 is 10.2 Å². The number of nitrogens with one attached hydrogen (secondary N) is 2. The maximum atomic E-state index is 15.4. The third-order valence-electron chi connectivity index (χ3n) is 6.89. The minimum absolute atomic E-state index is 0.0542. The Kier molecular flexibility index (Phi) is 4.47. The molecule has 0 spiro atoms. The molecule has 0 radical (unpaired) electrons. The number of hydrogen-bond donors (Lipinski definition) is 3. The highest BCUT2D eigenvalue weighted by Gasteiger charge is 2.56. The second kappa shape index (κ2) is 6.98. The third kappa shape index (κ3) is 3.33. The van der Waals surface area contributed by atoms with Crippen LogP contribution in [0.2, 0.25) is 0 Å². The zero-order chi connectivity index (χ0) is 21.8. The summed E-state index contributed by atoms with van der Waals surface area (Å²) in [5.41, 5.74) is 2.04. The molecule has 31 heavy (non-hydrogen) atoms. The predicted molar refractivity (Wildman–Crippen MR) is 115 cm³/mol. The van der Waals surface area contributed by atoms with Crippen molar-refractivity contribution in [1.29, 1.82) is 0 Å². The van der Waals surface area contributed by atoms with Crippen LogP contribution in [0, 0.1) is 0 Å². The smallest absolute Gasteiger partial charge is 0.147 e. The van der Waals surface area contributed by atoms with Crippen LogP contribution in [0.3, 0.4) is 0 Å². The average Bonchev–Trinajstić information content (AvgIpc) is 3.38. The minimum atomic E-state index is -0.997. The van der Waals surface area contributed by atoms with Gasteiger partial charge in [0, 0.05) is 29.3 Å². The quantitative estimate of drug-likeness (QED) is 0.593. The largest absolute Gasteiger partial charge is 0.507 e. The topological polar surface area (TPSA) is 103 Å². The van der Waals surface area contributed by atoms with E-state index in [0.717, 1.165) is 18.4 Å². The Balaban J connectivity index is 1.38. The van der Waals surface area contributed by atoms with Crippen LogP contribution in [0.5, 0.6) is 5.75 Å². The Hall–Kier alpha value is -3.07. The van der Waals surface area contributed by atoms with Crippen molar-refractivity contribution < 1.29 is 9.50 Å². The van der Waals surface area contributed by atoms with E-state index >= 15 is 4.39 Å². The molecule has 9 heteroatoms. The first-order chi connectivity index (χ1) is 14.8. The molecule has 2 aromatic heterocycles. The van der Waals surface area contributed by atoms with Crippen LogP contribution in [0.25, 0.3) is 22.5 Å². The van der Waals surface area contributed by atoms with Crippen LogP contribution >= 0.6 is 0 Å². The summed E-state index contributed by atoms with van der Waals surface area (Å²) in [7, 11) is 1.88. The summed E-state index contributed by atoms with van der Waals surface area (Å²) in [4.78, 5) is 10.9. The van der Waals surface area contributed by atoms with Crippen molar-refractivity contribution in [1.82, 2.24) is 30.7 Å². The summed E-state index contributed by atoms with van der Waals surface area (Å²) in [5.74, 6) is 0.701. The second-order valence-electron chi connectivity index (χ2n) is 9.25. The number of benzene rings is 1. The fraction of sp³-hybridized carbons (Fsp3) is 0.455. The Morgan fingerprint density at radius 1 is 1.16 bits per heavy atom. The first kappa shape index (κ1) is 19.9. The summed E-state index contributed by atoms with van der Waals surface area (Å²) >= 11 is 0. The van der Waals surface area contributed by atoms with E-state index in [1.54, 1.807) is 30.7 Å². The summed E-state index contributed by atoms with van der Waals surface area (Å²) in [6.45, 7) is 4.15. The molecule has 2 aliphatic rings. The zero-order valence-corrected chi connectivity index (χ0v) is 17.8. The van der Waals surface area contributed by atoms with Gasteiger partial charge in [-0.3, -0.25) is 10.1 Å². The van der Waals surface area contributed by atoms with E-state index in [1.165, 1.54) is 0 Å². The van der Waals surface area contributed by atoms with Crippen molar-refractivity contribution in [2.45, 2.75) is 56.4 Å². The highest BCUT2D eigenvalue weighted by Crippen LogP contribution is 2.45. The molecule has 4 atom stereocenters. The van der Waals surface area contributed by atoms with Crippen LogP contribution in [0.1, 0.15) is 33.1 Å². The SMILES string of the molecule is CN(c1cnc(-c2ccc(-c3cnn[nH]3)cc2O)cn1)[C@H]1C[C@]2(C)CC[C@@](C)(N2)[C@H]1F. The molecule has 0 aliphatic carbocycles. The van der Waals surface area contributed by atoms with Gasteiger partial charge in [0.1, 0.15) is 17.7 Å². The lowest BCUT2D eigenvalue weighted by atomic mass is 9.82. The number of H-pyrrole nitrogens is 1. The van der Waals surface area contributed by atoms with E-state index in [0.29, 0.717) is 29.2 Å². The first-order valence-corrected chi connectivity index (χ1v) is 10.5. The zero-order valence-electron chi connectivity index (χ0n) is 17.8. The number of nitrogens with zero attached hydrogens (tertiary/aromatic N) is 5. The van der Waals surface area contributed by atoms with Gasteiger partial charge in [-0.05, 0) is 45.2 Å². The van der Waals surface area contributed by atoms with Gasteiger partial charge < -0.3 is 15.3 Å². The monoisotopic (exact) mass is 423 g/mol. The number of alkyl halides is 1. The van der Waals surface area contributed by atoms with Gasteiger partial charge in [-0.1, -0.05) is 11.3 Å². The molecule has 5 rings (SSSR count). The molecule has 1 aromatic carbocycles. The highest BCUT2D eigenvalue weighted by molar-refractivity contribution is 5.72. The van der Waals surface area contributed by atoms with Crippen molar-refractivity contribution in [2.24, 2.45) is 0 Å². The van der Waals surface area contributed by atoms with Crippen molar-refractivity contribution in [3.8, 4) is 28.3 Å². The van der Waals surface area contributed by atoms with Crippen LogP contribution in [0.15, 0.2) is 36.8 Å². The number of fused-ring (bicyclic) bond motifs is 2. The molecule has 0 unspecified atom stereocenters. The van der Waals surface area contributed by atoms with Gasteiger partial charge in [0.25, 0.3) is 0 Å². The van der Waals surface area contributed by atoms with E-state index in [1.807, 2.05) is 24.9 Å². The van der Waals surface area contributed by atoms with Gasteiger partial charge in [-0.25, -0.2) is 9.37 Å². The number of aromatic amines is 1. The summed E-state index contributed by atoms with van der Waals surface area (Å²) < 4.78 is 15.4. The van der Waals surface area contributed by atoms with Gasteiger partial charge in [-0.15, -0.1) is 5.10 Å². The molecule has 0 saturated carbocycles. The van der Waals surface area contributed by atoms with Crippen molar-refractivity contribution in [2.75, 3.05) is 11.9 Å². The van der Waals surface area contributed by atoms with Gasteiger partial charge in [0.15, 0.2) is 0 Å². The van der Waals surface area contributed by atoms with Gasteiger partial charge in [0.05, 0.1) is 36.0 Å². The molecule has 2 fully saturated rings. The number of aromatic hydroxyl groups is 1. The number of piperidine rings is 1. The maximum absolute atomic E-state index is 15.4. The standard InChI is InChI=1S/C22H26FN7O/c1-21-6-7-22(2,28-21)20(23)17(9-21)30(3)19-12-24-16(10-25-19)14-5-4-13(8-18(14)31)15-11-26-29-27-15/h4-5,8,10-12,17,20,28,31H,6-7,9H2,1-3H3,(H,26,27,29)/t17-,20-,21-,22+/m0/s1. The van der Waals surface area contributed by atoms with E-state index in [2.05, 4.69) is 37.6 Å². The Bertz CT molecular complexity index is 1090. The minimum Gasteiger partial charge on any atom is -0.507 e. The fourth-order valence-electron chi connectivity index (χ4n) is 5.10. The molecule has 8 nitrogen and oxygen atoms in total. The van der Waals surface area contributed by atoms with E-state index in [4.69, 9.17) is 0 Å².